The van der Waals surface area contributed by atoms with Crippen molar-refractivity contribution in [2.45, 2.75) is 6.42 Å². The first-order valence-electron chi connectivity index (χ1n) is 6.80. The van der Waals surface area contributed by atoms with Crippen molar-refractivity contribution in [2.24, 2.45) is 7.05 Å². The molecule has 6 nitrogen and oxygen atoms in total. The number of nitrogen functional groups attached to an aromatic ring is 1. The molecule has 112 valence electrons. The number of anilines is 2. The molecule has 0 spiro atoms. The average Bonchev–Trinajstić information content (AvgIpc) is 2.85. The van der Waals surface area contributed by atoms with Crippen molar-refractivity contribution in [1.82, 2.24) is 14.7 Å². The van der Waals surface area contributed by atoms with E-state index in [1.807, 2.05) is 19.4 Å². The zero-order valence-corrected chi connectivity index (χ0v) is 12.6. The summed E-state index contributed by atoms with van der Waals surface area (Å²) in [5.41, 5.74) is 9.14. The fraction of sp³-hybridized carbons (Fsp3) is 0.333. The predicted octanol–water partition coefficient (Wildman–Crippen LogP) is 1.36. The Morgan fingerprint density at radius 3 is 2.81 bits per heavy atom. The Hall–Kier alpha value is -2.50. The highest BCUT2D eigenvalue weighted by atomic mass is 16.2. The van der Waals surface area contributed by atoms with E-state index in [1.54, 1.807) is 41.9 Å². The van der Waals surface area contributed by atoms with Gasteiger partial charge in [0, 0.05) is 39.4 Å². The van der Waals surface area contributed by atoms with E-state index in [2.05, 4.69) is 10.4 Å². The third-order valence-electron chi connectivity index (χ3n) is 3.19. The lowest BCUT2D eigenvalue weighted by Gasteiger charge is -2.13. The summed E-state index contributed by atoms with van der Waals surface area (Å²) in [6.07, 6.45) is 4.67. The lowest BCUT2D eigenvalue weighted by atomic mass is 10.1. The third-order valence-corrected chi connectivity index (χ3v) is 3.19. The van der Waals surface area contributed by atoms with Crippen LogP contribution in [0, 0.1) is 0 Å². The van der Waals surface area contributed by atoms with E-state index in [9.17, 15) is 4.79 Å². The molecule has 0 unspecified atom stereocenters. The van der Waals surface area contributed by atoms with Crippen LogP contribution in [0.15, 0.2) is 30.6 Å². The van der Waals surface area contributed by atoms with Crippen LogP contribution in [-0.2, 0) is 13.5 Å². The van der Waals surface area contributed by atoms with E-state index in [-0.39, 0.29) is 5.91 Å². The molecule has 21 heavy (non-hydrogen) atoms. The number of benzene rings is 1. The van der Waals surface area contributed by atoms with E-state index < -0.39 is 0 Å². The Morgan fingerprint density at radius 1 is 1.43 bits per heavy atom. The van der Waals surface area contributed by atoms with Gasteiger partial charge in [0.25, 0.3) is 5.91 Å². The molecule has 1 aromatic carbocycles. The second-order valence-electron chi connectivity index (χ2n) is 5.20. The van der Waals surface area contributed by atoms with Gasteiger partial charge in [-0.2, -0.15) is 5.10 Å². The molecule has 0 bridgehead atoms. The van der Waals surface area contributed by atoms with Gasteiger partial charge < -0.3 is 16.0 Å². The molecule has 1 amide bonds. The Labute approximate surface area is 124 Å². The van der Waals surface area contributed by atoms with Crippen LogP contribution < -0.4 is 11.1 Å². The number of nitrogens with two attached hydrogens (primary N) is 1. The van der Waals surface area contributed by atoms with Crippen molar-refractivity contribution in [3.8, 4) is 0 Å². The number of amides is 1. The van der Waals surface area contributed by atoms with Gasteiger partial charge >= 0.3 is 0 Å². The Balaban J connectivity index is 2.02. The molecule has 0 aliphatic carbocycles. The molecule has 0 saturated heterocycles. The highest BCUT2D eigenvalue weighted by molar-refractivity contribution is 5.95. The Kier molecular flexibility index (Phi) is 4.47. The molecular formula is C15H21N5O. The van der Waals surface area contributed by atoms with Crippen LogP contribution in [0.25, 0.3) is 0 Å². The van der Waals surface area contributed by atoms with Crippen molar-refractivity contribution >= 4 is 17.3 Å². The summed E-state index contributed by atoms with van der Waals surface area (Å²) >= 11 is 0. The maximum absolute atomic E-state index is 12.0. The van der Waals surface area contributed by atoms with E-state index in [1.165, 1.54) is 0 Å². The molecular weight excluding hydrogens is 266 g/mol. The number of aryl methyl sites for hydroxylation is 1. The molecule has 3 N–H and O–H groups in total. The average molecular weight is 287 g/mol. The predicted molar refractivity (Wildman–Crippen MR) is 84.3 cm³/mol. The van der Waals surface area contributed by atoms with Crippen LogP contribution in [0.2, 0.25) is 0 Å². The van der Waals surface area contributed by atoms with E-state index >= 15 is 0 Å². The number of hydrogen-bond acceptors (Lipinski definition) is 4. The fourth-order valence-electron chi connectivity index (χ4n) is 2.04. The van der Waals surface area contributed by atoms with Crippen molar-refractivity contribution in [1.29, 1.82) is 0 Å². The van der Waals surface area contributed by atoms with Gasteiger partial charge in [0.15, 0.2) is 0 Å². The zero-order chi connectivity index (χ0) is 15.4. The smallest absolute Gasteiger partial charge is 0.253 e. The van der Waals surface area contributed by atoms with Crippen LogP contribution >= 0.6 is 0 Å². The van der Waals surface area contributed by atoms with Gasteiger partial charge in [-0.3, -0.25) is 9.48 Å². The quantitative estimate of drug-likeness (QED) is 0.814. The molecule has 0 radical (unpaired) electrons. The summed E-state index contributed by atoms with van der Waals surface area (Å²) in [6, 6.07) is 5.29. The lowest BCUT2D eigenvalue weighted by molar-refractivity contribution is 0.0827. The zero-order valence-electron chi connectivity index (χ0n) is 12.6. The first-order chi connectivity index (χ1) is 9.97. The van der Waals surface area contributed by atoms with Gasteiger partial charge in [-0.25, -0.2) is 0 Å². The number of nitrogens with one attached hydrogen (secondary N) is 1. The highest BCUT2D eigenvalue weighted by Gasteiger charge is 2.10. The van der Waals surface area contributed by atoms with Gasteiger partial charge in [0.2, 0.25) is 0 Å². The van der Waals surface area contributed by atoms with Crippen molar-refractivity contribution in [3.05, 3.63) is 41.7 Å². The van der Waals surface area contributed by atoms with Crippen LogP contribution in [0.4, 0.5) is 11.4 Å². The molecule has 1 heterocycles. The number of carbonyl (C=O) groups is 1. The normalized spacial score (nSPS) is 10.4. The van der Waals surface area contributed by atoms with Gasteiger partial charge in [0.05, 0.1) is 17.6 Å². The molecule has 0 saturated carbocycles. The molecule has 2 aromatic rings. The van der Waals surface area contributed by atoms with Crippen molar-refractivity contribution in [2.75, 3.05) is 31.7 Å². The monoisotopic (exact) mass is 287 g/mol. The Bertz CT molecular complexity index is 633. The van der Waals surface area contributed by atoms with Gasteiger partial charge in [0.1, 0.15) is 0 Å². The minimum absolute atomic E-state index is 0.0368. The third kappa shape index (κ3) is 3.75. The second-order valence-corrected chi connectivity index (χ2v) is 5.20. The molecule has 6 heteroatoms. The molecule has 0 aliphatic heterocycles. The first-order valence-corrected chi connectivity index (χ1v) is 6.80. The van der Waals surface area contributed by atoms with Crippen LogP contribution in [-0.4, -0.2) is 41.2 Å². The number of carbonyl (C=O) groups excluding carboxylic acids is 1. The van der Waals surface area contributed by atoms with E-state index in [4.69, 9.17) is 5.73 Å². The van der Waals surface area contributed by atoms with Gasteiger partial charge in [-0.1, -0.05) is 0 Å². The van der Waals surface area contributed by atoms with Crippen LogP contribution in [0.5, 0.6) is 0 Å². The molecule has 0 aliphatic rings. The molecule has 0 atom stereocenters. The van der Waals surface area contributed by atoms with E-state index in [0.717, 1.165) is 24.2 Å². The summed E-state index contributed by atoms with van der Waals surface area (Å²) in [5, 5.41) is 7.40. The Morgan fingerprint density at radius 2 is 2.19 bits per heavy atom. The number of hydrogen-bond donors (Lipinski definition) is 2. The SMILES string of the molecule is CN(C)C(=O)c1ccc(N)c(NCCc2cnn(C)c2)c1. The maximum Gasteiger partial charge on any atom is 0.253 e. The van der Waals surface area contributed by atoms with Crippen LogP contribution in [0.3, 0.4) is 0 Å². The van der Waals surface area contributed by atoms with Gasteiger partial charge in [-0.05, 0) is 30.2 Å². The van der Waals surface area contributed by atoms with Crippen LogP contribution in [0.1, 0.15) is 15.9 Å². The summed E-state index contributed by atoms with van der Waals surface area (Å²) in [6.45, 7) is 0.732. The summed E-state index contributed by atoms with van der Waals surface area (Å²) < 4.78 is 1.78. The minimum atomic E-state index is -0.0368. The molecule has 0 fully saturated rings. The lowest BCUT2D eigenvalue weighted by Crippen LogP contribution is -2.22. The number of aromatic nitrogens is 2. The second kappa shape index (κ2) is 6.30. The summed E-state index contributed by atoms with van der Waals surface area (Å²) in [4.78, 5) is 13.5. The van der Waals surface area contributed by atoms with Crippen molar-refractivity contribution in [3.63, 3.8) is 0 Å². The summed E-state index contributed by atoms with van der Waals surface area (Å²) in [5.74, 6) is -0.0368. The first kappa shape index (κ1) is 14.9. The topological polar surface area (TPSA) is 76.2 Å². The van der Waals surface area contributed by atoms with Crippen molar-refractivity contribution < 1.29 is 4.79 Å². The highest BCUT2D eigenvalue weighted by Crippen LogP contribution is 2.20. The molecule has 2 rings (SSSR count). The standard InChI is InChI=1S/C15H21N5O/c1-19(2)15(21)12-4-5-13(16)14(8-12)17-7-6-11-9-18-20(3)10-11/h4-5,8-10,17H,6-7,16H2,1-3H3. The maximum atomic E-state index is 12.0. The van der Waals surface area contributed by atoms with Gasteiger partial charge in [-0.15, -0.1) is 0 Å². The molecule has 1 aromatic heterocycles. The minimum Gasteiger partial charge on any atom is -0.397 e. The number of nitrogens with zero attached hydrogens (tertiary/aromatic N) is 3. The summed E-state index contributed by atoms with van der Waals surface area (Å²) in [7, 11) is 5.35. The largest absolute Gasteiger partial charge is 0.397 e. The van der Waals surface area contributed by atoms with E-state index in [0.29, 0.717) is 11.3 Å². The fourth-order valence-corrected chi connectivity index (χ4v) is 2.04. The number of rotatable bonds is 5.